The lowest BCUT2D eigenvalue weighted by Crippen LogP contribution is -2.43. The van der Waals surface area contributed by atoms with Crippen molar-refractivity contribution in [2.45, 2.75) is 50.8 Å². The van der Waals surface area contributed by atoms with Gasteiger partial charge in [-0.1, -0.05) is 13.3 Å². The number of thioether (sulfide) groups is 1. The lowest BCUT2D eigenvalue weighted by Gasteiger charge is -2.26. The van der Waals surface area contributed by atoms with Crippen molar-refractivity contribution in [3.8, 4) is 0 Å². The maximum absolute atomic E-state index is 12.2. The van der Waals surface area contributed by atoms with E-state index in [1.165, 1.54) is 12.8 Å². The highest BCUT2D eigenvalue weighted by Crippen LogP contribution is 2.22. The quantitative estimate of drug-likeness (QED) is 0.725. The first-order chi connectivity index (χ1) is 7.70. The van der Waals surface area contributed by atoms with Crippen LogP contribution in [0.15, 0.2) is 0 Å². The summed E-state index contributed by atoms with van der Waals surface area (Å²) >= 11 is 1.78. The van der Waals surface area contributed by atoms with E-state index in [0.29, 0.717) is 12.6 Å². The third kappa shape index (κ3) is 3.67. The van der Waals surface area contributed by atoms with Crippen LogP contribution in [0.5, 0.6) is 0 Å². The summed E-state index contributed by atoms with van der Waals surface area (Å²) < 4.78 is 0. The summed E-state index contributed by atoms with van der Waals surface area (Å²) in [6.07, 6.45) is 4.58. The fraction of sp³-hybridized carbons (Fsp3) is 0.917. The average Bonchev–Trinajstić information content (AvgIpc) is 2.76. The predicted octanol–water partition coefficient (Wildman–Crippen LogP) is 1.86. The Hall–Kier alpha value is -0.220. The largest absolute Gasteiger partial charge is 0.337 e. The highest BCUT2D eigenvalue weighted by molar-refractivity contribution is 8.00. The van der Waals surface area contributed by atoms with Crippen LogP contribution >= 0.6 is 11.8 Å². The van der Waals surface area contributed by atoms with Gasteiger partial charge >= 0.3 is 0 Å². The normalized spacial score (nSPS) is 22.4. The average molecular weight is 244 g/mol. The Morgan fingerprint density at radius 3 is 3.00 bits per heavy atom. The molecule has 2 unspecified atom stereocenters. The molecule has 1 heterocycles. The number of rotatable bonds is 6. The van der Waals surface area contributed by atoms with E-state index >= 15 is 0 Å². The van der Waals surface area contributed by atoms with Gasteiger partial charge in [-0.2, -0.15) is 0 Å². The van der Waals surface area contributed by atoms with E-state index in [4.69, 9.17) is 5.73 Å². The van der Waals surface area contributed by atoms with Gasteiger partial charge in [-0.3, -0.25) is 4.79 Å². The van der Waals surface area contributed by atoms with Gasteiger partial charge in [-0.05, 0) is 31.9 Å². The number of hydrogen-bond donors (Lipinski definition) is 1. The number of carbonyl (C=O) groups is 1. The van der Waals surface area contributed by atoms with Gasteiger partial charge in [-0.25, -0.2) is 0 Å². The first kappa shape index (κ1) is 13.8. The minimum atomic E-state index is 0.0960. The molecule has 1 aliphatic rings. The molecule has 0 aromatic rings. The molecule has 0 aromatic carbocycles. The summed E-state index contributed by atoms with van der Waals surface area (Å²) in [6, 6.07) is 0.293. The highest BCUT2D eigenvalue weighted by Gasteiger charge is 2.30. The van der Waals surface area contributed by atoms with E-state index in [1.807, 2.05) is 11.8 Å². The SMILES string of the molecule is CCCCSC(C)C(=O)N1CCCC1CN. The molecule has 0 saturated carbocycles. The number of hydrogen-bond acceptors (Lipinski definition) is 3. The van der Waals surface area contributed by atoms with E-state index in [9.17, 15) is 4.79 Å². The van der Waals surface area contributed by atoms with Crippen molar-refractivity contribution in [3.63, 3.8) is 0 Å². The summed E-state index contributed by atoms with van der Waals surface area (Å²) in [7, 11) is 0. The molecule has 0 aromatic heterocycles. The second kappa shape index (κ2) is 7.17. The van der Waals surface area contributed by atoms with E-state index in [1.54, 1.807) is 11.8 Å². The molecule has 4 heteroatoms. The molecule has 0 bridgehead atoms. The molecule has 0 aliphatic carbocycles. The molecule has 2 N–H and O–H groups in total. The highest BCUT2D eigenvalue weighted by atomic mass is 32.2. The van der Waals surface area contributed by atoms with Crippen molar-refractivity contribution >= 4 is 17.7 Å². The van der Waals surface area contributed by atoms with Gasteiger partial charge in [0.2, 0.25) is 5.91 Å². The maximum atomic E-state index is 12.2. The van der Waals surface area contributed by atoms with Gasteiger partial charge in [-0.15, -0.1) is 11.8 Å². The van der Waals surface area contributed by atoms with Crippen molar-refractivity contribution in [1.29, 1.82) is 0 Å². The molecule has 1 rings (SSSR count). The number of likely N-dealkylation sites (tertiary alicyclic amines) is 1. The Kier molecular flexibility index (Phi) is 6.21. The molecule has 0 radical (unpaired) electrons. The maximum Gasteiger partial charge on any atom is 0.235 e. The first-order valence-electron chi connectivity index (χ1n) is 6.32. The van der Waals surface area contributed by atoms with E-state index in [-0.39, 0.29) is 11.2 Å². The van der Waals surface area contributed by atoms with Gasteiger partial charge in [0.15, 0.2) is 0 Å². The van der Waals surface area contributed by atoms with Crippen LogP contribution < -0.4 is 5.73 Å². The van der Waals surface area contributed by atoms with Crippen molar-refractivity contribution in [1.82, 2.24) is 4.90 Å². The standard InChI is InChI=1S/C12H24N2OS/c1-3-4-8-16-10(2)12(15)14-7-5-6-11(14)9-13/h10-11H,3-9,13H2,1-2H3. The van der Waals surface area contributed by atoms with Gasteiger partial charge in [0.05, 0.1) is 5.25 Å². The number of carbonyl (C=O) groups excluding carboxylic acids is 1. The molecule has 1 saturated heterocycles. The van der Waals surface area contributed by atoms with Crippen LogP contribution in [-0.4, -0.2) is 40.9 Å². The summed E-state index contributed by atoms with van der Waals surface area (Å²) in [5, 5.41) is 0.0960. The third-order valence-electron chi connectivity index (χ3n) is 3.15. The Labute approximate surface area is 103 Å². The fourth-order valence-corrected chi connectivity index (χ4v) is 3.17. The molecule has 3 nitrogen and oxygen atoms in total. The molecule has 0 spiro atoms. The summed E-state index contributed by atoms with van der Waals surface area (Å²) in [6.45, 7) is 5.71. The fourth-order valence-electron chi connectivity index (χ4n) is 2.08. The zero-order chi connectivity index (χ0) is 12.0. The van der Waals surface area contributed by atoms with Crippen LogP contribution in [-0.2, 0) is 4.79 Å². The molecule has 1 amide bonds. The Bertz CT molecular complexity index is 223. The zero-order valence-electron chi connectivity index (χ0n) is 10.4. The Balaban J connectivity index is 2.37. The monoisotopic (exact) mass is 244 g/mol. The van der Waals surface area contributed by atoms with Gasteiger partial charge in [0.1, 0.15) is 0 Å². The van der Waals surface area contributed by atoms with Crippen LogP contribution in [0.4, 0.5) is 0 Å². The first-order valence-corrected chi connectivity index (χ1v) is 7.37. The van der Waals surface area contributed by atoms with Crippen LogP contribution in [0.25, 0.3) is 0 Å². The second-order valence-electron chi connectivity index (χ2n) is 4.43. The molecular formula is C12H24N2OS. The lowest BCUT2D eigenvalue weighted by molar-refractivity contribution is -0.130. The molecular weight excluding hydrogens is 220 g/mol. The van der Waals surface area contributed by atoms with Crippen LogP contribution in [0.3, 0.4) is 0 Å². The van der Waals surface area contributed by atoms with Crippen LogP contribution in [0.2, 0.25) is 0 Å². The Morgan fingerprint density at radius 2 is 2.38 bits per heavy atom. The van der Waals surface area contributed by atoms with E-state index in [2.05, 4.69) is 6.92 Å². The molecule has 94 valence electrons. The second-order valence-corrected chi connectivity index (χ2v) is 5.88. The molecule has 16 heavy (non-hydrogen) atoms. The summed E-state index contributed by atoms with van der Waals surface area (Å²) in [5.74, 6) is 1.37. The van der Waals surface area contributed by atoms with Crippen molar-refractivity contribution in [2.75, 3.05) is 18.8 Å². The molecule has 1 fully saturated rings. The lowest BCUT2D eigenvalue weighted by atomic mass is 10.2. The number of nitrogens with zero attached hydrogens (tertiary/aromatic N) is 1. The predicted molar refractivity (Wildman–Crippen MR) is 70.6 cm³/mol. The van der Waals surface area contributed by atoms with Gasteiger partial charge in [0, 0.05) is 19.1 Å². The molecule has 2 atom stereocenters. The third-order valence-corrected chi connectivity index (χ3v) is 4.37. The number of unbranched alkanes of at least 4 members (excludes halogenated alkanes) is 1. The Morgan fingerprint density at radius 1 is 1.62 bits per heavy atom. The number of amides is 1. The number of nitrogens with two attached hydrogens (primary N) is 1. The van der Waals surface area contributed by atoms with Crippen LogP contribution in [0, 0.1) is 0 Å². The zero-order valence-corrected chi connectivity index (χ0v) is 11.3. The smallest absolute Gasteiger partial charge is 0.235 e. The summed E-state index contributed by atoms with van der Waals surface area (Å²) in [5.41, 5.74) is 5.68. The van der Waals surface area contributed by atoms with Gasteiger partial charge in [0.25, 0.3) is 0 Å². The van der Waals surface area contributed by atoms with Gasteiger partial charge < -0.3 is 10.6 Å². The van der Waals surface area contributed by atoms with Crippen molar-refractivity contribution in [3.05, 3.63) is 0 Å². The van der Waals surface area contributed by atoms with Crippen molar-refractivity contribution < 1.29 is 4.79 Å². The van der Waals surface area contributed by atoms with Crippen molar-refractivity contribution in [2.24, 2.45) is 5.73 Å². The molecule has 1 aliphatic heterocycles. The van der Waals surface area contributed by atoms with E-state index in [0.717, 1.165) is 25.1 Å². The minimum Gasteiger partial charge on any atom is -0.337 e. The van der Waals surface area contributed by atoms with Crippen LogP contribution in [0.1, 0.15) is 39.5 Å². The van der Waals surface area contributed by atoms with E-state index < -0.39 is 0 Å². The summed E-state index contributed by atoms with van der Waals surface area (Å²) in [4.78, 5) is 14.1. The minimum absolute atomic E-state index is 0.0960. The topological polar surface area (TPSA) is 46.3 Å².